The summed E-state index contributed by atoms with van der Waals surface area (Å²) in [4.78, 5) is 12.4. The van der Waals surface area contributed by atoms with Crippen LogP contribution in [0.4, 0.5) is 11.4 Å². The van der Waals surface area contributed by atoms with Crippen molar-refractivity contribution in [2.24, 2.45) is 0 Å². The molecule has 25 heavy (non-hydrogen) atoms. The fourth-order valence-corrected chi connectivity index (χ4v) is 2.55. The summed E-state index contributed by atoms with van der Waals surface area (Å²) in [5, 5.41) is 15.7. The van der Waals surface area contributed by atoms with Gasteiger partial charge in [0, 0.05) is 22.6 Å². The molecule has 1 amide bonds. The van der Waals surface area contributed by atoms with Gasteiger partial charge in [-0.25, -0.2) is 0 Å². The van der Waals surface area contributed by atoms with Gasteiger partial charge < -0.3 is 10.6 Å². The average Bonchev–Trinajstić information content (AvgIpc) is 2.60. The maximum Gasteiger partial charge on any atom is 0.267 e. The second-order valence-electron chi connectivity index (χ2n) is 5.69. The number of nitrogens with zero attached hydrogens (tertiary/aromatic N) is 1. The highest BCUT2D eigenvalue weighted by molar-refractivity contribution is 6.31. The van der Waals surface area contributed by atoms with Gasteiger partial charge in [-0.05, 0) is 49.1 Å². The van der Waals surface area contributed by atoms with Crippen molar-refractivity contribution < 1.29 is 4.79 Å². The van der Waals surface area contributed by atoms with Crippen molar-refractivity contribution >= 4 is 28.9 Å². The Morgan fingerprint density at radius 2 is 2.00 bits per heavy atom. The van der Waals surface area contributed by atoms with Gasteiger partial charge in [0.1, 0.15) is 11.6 Å². The highest BCUT2D eigenvalue weighted by atomic mass is 35.5. The summed E-state index contributed by atoms with van der Waals surface area (Å²) < 4.78 is 0. The van der Waals surface area contributed by atoms with Gasteiger partial charge in [0.05, 0.1) is 0 Å². The molecule has 0 heterocycles. The molecule has 2 N–H and O–H groups in total. The number of nitrogens with one attached hydrogen (secondary N) is 2. The summed E-state index contributed by atoms with van der Waals surface area (Å²) in [7, 11) is 0. The van der Waals surface area contributed by atoms with Gasteiger partial charge >= 0.3 is 0 Å². The maximum absolute atomic E-state index is 12.4. The van der Waals surface area contributed by atoms with E-state index in [4.69, 9.17) is 11.6 Å². The molecule has 4 nitrogen and oxygen atoms in total. The van der Waals surface area contributed by atoms with Crippen molar-refractivity contribution in [2.75, 3.05) is 10.6 Å². The van der Waals surface area contributed by atoms with Gasteiger partial charge in [0.15, 0.2) is 0 Å². The van der Waals surface area contributed by atoms with Gasteiger partial charge in [-0.2, -0.15) is 5.26 Å². The number of halogens is 1. The van der Waals surface area contributed by atoms with Gasteiger partial charge in [-0.1, -0.05) is 42.8 Å². The second kappa shape index (κ2) is 8.36. The zero-order chi connectivity index (χ0) is 18.4. The first-order valence-electron chi connectivity index (χ1n) is 7.99. The van der Waals surface area contributed by atoms with E-state index in [1.807, 2.05) is 57.2 Å². The van der Waals surface area contributed by atoms with Crippen LogP contribution in [0.1, 0.15) is 23.6 Å². The number of rotatable bonds is 5. The van der Waals surface area contributed by atoms with Crippen molar-refractivity contribution in [3.05, 3.63) is 69.9 Å². The number of amides is 1. The number of carbonyl (C=O) groups is 1. The van der Waals surface area contributed by atoms with E-state index in [0.29, 0.717) is 10.7 Å². The molecular weight excluding hydrogens is 334 g/mol. The monoisotopic (exact) mass is 353 g/mol. The number of benzene rings is 2. The van der Waals surface area contributed by atoms with E-state index >= 15 is 0 Å². The maximum atomic E-state index is 12.4. The fraction of sp³-hybridized carbons (Fsp3) is 0.200. The molecular formula is C20H20ClN3O. The summed E-state index contributed by atoms with van der Waals surface area (Å²) in [6, 6.07) is 13.2. The minimum Gasteiger partial charge on any atom is -0.360 e. The van der Waals surface area contributed by atoms with Crippen LogP contribution in [-0.4, -0.2) is 5.91 Å². The summed E-state index contributed by atoms with van der Waals surface area (Å²) in [5.41, 5.74) is 4.41. The molecule has 128 valence electrons. The van der Waals surface area contributed by atoms with Crippen LogP contribution in [0.5, 0.6) is 0 Å². The SMILES string of the molecule is CCc1cccc(C)c1NC(=O)/C(C#N)=C\Nc1ccc(C)c(Cl)c1. The lowest BCUT2D eigenvalue weighted by Crippen LogP contribution is -2.16. The van der Waals surface area contributed by atoms with Crippen molar-refractivity contribution in [3.8, 4) is 6.07 Å². The molecule has 0 radical (unpaired) electrons. The molecule has 0 aliphatic carbocycles. The first kappa shape index (κ1) is 18.6. The lowest BCUT2D eigenvalue weighted by Gasteiger charge is -2.12. The lowest BCUT2D eigenvalue weighted by atomic mass is 10.1. The van der Waals surface area contributed by atoms with E-state index in [-0.39, 0.29) is 5.57 Å². The molecule has 5 heteroatoms. The molecule has 2 aromatic carbocycles. The number of hydrogen-bond acceptors (Lipinski definition) is 3. The Kier molecular flexibility index (Phi) is 6.21. The van der Waals surface area contributed by atoms with Crippen molar-refractivity contribution in [1.82, 2.24) is 0 Å². The van der Waals surface area contributed by atoms with E-state index in [1.54, 1.807) is 6.07 Å². The lowest BCUT2D eigenvalue weighted by molar-refractivity contribution is -0.112. The number of para-hydroxylation sites is 1. The zero-order valence-electron chi connectivity index (χ0n) is 14.5. The standard InChI is InChI=1S/C20H20ClN3O/c1-4-15-7-5-6-14(3)19(15)24-20(25)16(11-22)12-23-17-9-8-13(2)18(21)10-17/h5-10,12,23H,4H2,1-3H3,(H,24,25)/b16-12-. The average molecular weight is 354 g/mol. The van der Waals surface area contributed by atoms with Crippen LogP contribution in [0, 0.1) is 25.2 Å². The van der Waals surface area contributed by atoms with Crippen molar-refractivity contribution in [1.29, 1.82) is 5.26 Å². The summed E-state index contributed by atoms with van der Waals surface area (Å²) in [6.45, 7) is 5.86. The smallest absolute Gasteiger partial charge is 0.267 e. The molecule has 0 bridgehead atoms. The molecule has 0 atom stereocenters. The minimum atomic E-state index is -0.447. The highest BCUT2D eigenvalue weighted by Gasteiger charge is 2.13. The Morgan fingerprint density at radius 3 is 2.64 bits per heavy atom. The normalized spacial score (nSPS) is 10.9. The Morgan fingerprint density at radius 1 is 1.24 bits per heavy atom. The Labute approximate surface area is 153 Å². The molecule has 0 aliphatic heterocycles. The molecule has 0 aromatic heterocycles. The topological polar surface area (TPSA) is 64.9 Å². The largest absolute Gasteiger partial charge is 0.360 e. The fourth-order valence-electron chi connectivity index (χ4n) is 2.37. The van der Waals surface area contributed by atoms with E-state index in [9.17, 15) is 10.1 Å². The molecule has 2 rings (SSSR count). The van der Waals surface area contributed by atoms with Crippen molar-refractivity contribution in [3.63, 3.8) is 0 Å². The minimum absolute atomic E-state index is 0.0120. The van der Waals surface area contributed by atoms with Gasteiger partial charge in [-0.15, -0.1) is 0 Å². The third-order valence-corrected chi connectivity index (χ3v) is 4.31. The van der Waals surface area contributed by atoms with Crippen LogP contribution in [0.25, 0.3) is 0 Å². The Balaban J connectivity index is 2.19. The Hall–Kier alpha value is -2.77. The van der Waals surface area contributed by atoms with Crippen LogP contribution in [0.3, 0.4) is 0 Å². The number of nitriles is 1. The summed E-state index contributed by atoms with van der Waals surface area (Å²) in [5.74, 6) is -0.447. The van der Waals surface area contributed by atoms with E-state index in [2.05, 4.69) is 10.6 Å². The van der Waals surface area contributed by atoms with Gasteiger partial charge in [0.25, 0.3) is 5.91 Å². The first-order valence-corrected chi connectivity index (χ1v) is 8.36. The predicted molar refractivity (Wildman–Crippen MR) is 103 cm³/mol. The third-order valence-electron chi connectivity index (χ3n) is 3.90. The van der Waals surface area contributed by atoms with Crippen molar-refractivity contribution in [2.45, 2.75) is 27.2 Å². The summed E-state index contributed by atoms with van der Waals surface area (Å²) >= 11 is 6.08. The van der Waals surface area contributed by atoms with Crippen LogP contribution in [0.2, 0.25) is 5.02 Å². The molecule has 0 saturated heterocycles. The van der Waals surface area contributed by atoms with E-state index < -0.39 is 5.91 Å². The number of anilines is 2. The van der Waals surface area contributed by atoms with Crippen LogP contribution in [-0.2, 0) is 11.2 Å². The van der Waals surface area contributed by atoms with Crippen LogP contribution in [0.15, 0.2) is 48.2 Å². The molecule has 0 spiro atoms. The molecule has 0 unspecified atom stereocenters. The highest BCUT2D eigenvalue weighted by Crippen LogP contribution is 2.22. The number of aryl methyl sites for hydroxylation is 3. The van der Waals surface area contributed by atoms with Gasteiger partial charge in [-0.3, -0.25) is 4.79 Å². The molecule has 0 saturated carbocycles. The predicted octanol–water partition coefficient (Wildman–Crippen LogP) is 4.98. The van der Waals surface area contributed by atoms with Crippen LogP contribution < -0.4 is 10.6 Å². The second-order valence-corrected chi connectivity index (χ2v) is 6.10. The summed E-state index contributed by atoms with van der Waals surface area (Å²) in [6.07, 6.45) is 2.18. The first-order chi connectivity index (χ1) is 12.0. The molecule has 0 fully saturated rings. The van der Waals surface area contributed by atoms with E-state index in [0.717, 1.165) is 28.8 Å². The Bertz CT molecular complexity index is 866. The quantitative estimate of drug-likeness (QED) is 0.588. The molecule has 2 aromatic rings. The molecule has 0 aliphatic rings. The number of carbonyl (C=O) groups excluding carboxylic acids is 1. The van der Waals surface area contributed by atoms with E-state index in [1.165, 1.54) is 6.20 Å². The number of hydrogen-bond donors (Lipinski definition) is 2. The third kappa shape index (κ3) is 4.62. The van der Waals surface area contributed by atoms with Gasteiger partial charge in [0.2, 0.25) is 0 Å². The zero-order valence-corrected chi connectivity index (χ0v) is 15.2. The van der Waals surface area contributed by atoms with Crippen LogP contribution >= 0.6 is 11.6 Å².